The third-order valence-electron chi connectivity index (χ3n) is 5.85. The van der Waals surface area contributed by atoms with Crippen LogP contribution in [0.25, 0.3) is 0 Å². The topological polar surface area (TPSA) is 32.8 Å². The van der Waals surface area contributed by atoms with Crippen molar-refractivity contribution in [3.05, 3.63) is 35.6 Å². The zero-order valence-electron chi connectivity index (χ0n) is 17.6. The minimum absolute atomic E-state index is 0.145. The SMILES string of the molecule is CC(C)(C)OC(=O)N1CCCC(Cc2ccc(F)cc2)C1CN1CCCCC1. The Morgan fingerprint density at radius 1 is 1.07 bits per heavy atom. The maximum absolute atomic E-state index is 13.3. The van der Waals surface area contributed by atoms with Crippen molar-refractivity contribution in [1.82, 2.24) is 9.80 Å². The van der Waals surface area contributed by atoms with Crippen LogP contribution in [0.1, 0.15) is 58.4 Å². The number of rotatable bonds is 4. The normalized spacial score (nSPS) is 24.2. The zero-order chi connectivity index (χ0) is 20.1. The van der Waals surface area contributed by atoms with E-state index < -0.39 is 5.60 Å². The molecule has 0 saturated carbocycles. The van der Waals surface area contributed by atoms with Gasteiger partial charge in [-0.2, -0.15) is 0 Å². The number of benzene rings is 1. The van der Waals surface area contributed by atoms with E-state index in [1.54, 1.807) is 0 Å². The van der Waals surface area contributed by atoms with E-state index in [2.05, 4.69) is 4.90 Å². The molecule has 0 spiro atoms. The highest BCUT2D eigenvalue weighted by atomic mass is 19.1. The van der Waals surface area contributed by atoms with E-state index in [1.807, 2.05) is 37.8 Å². The molecular formula is C23H35FN2O2. The molecule has 2 saturated heterocycles. The first-order chi connectivity index (χ1) is 13.3. The molecular weight excluding hydrogens is 355 g/mol. The number of hydrogen-bond donors (Lipinski definition) is 0. The molecule has 2 heterocycles. The summed E-state index contributed by atoms with van der Waals surface area (Å²) in [5.74, 6) is 0.168. The number of hydrogen-bond acceptors (Lipinski definition) is 3. The van der Waals surface area contributed by atoms with Gasteiger partial charge in [-0.3, -0.25) is 0 Å². The standard InChI is InChI=1S/C23H35FN2O2/c1-23(2,3)28-22(27)26-15-7-8-19(16-18-9-11-20(24)12-10-18)21(26)17-25-13-5-4-6-14-25/h9-12,19,21H,4-8,13-17H2,1-3H3. The van der Waals surface area contributed by atoms with E-state index in [0.717, 1.165) is 51.0 Å². The lowest BCUT2D eigenvalue weighted by atomic mass is 9.83. The fraction of sp³-hybridized carbons (Fsp3) is 0.696. The van der Waals surface area contributed by atoms with Gasteiger partial charge in [-0.1, -0.05) is 18.6 Å². The van der Waals surface area contributed by atoms with Gasteiger partial charge in [-0.15, -0.1) is 0 Å². The highest BCUT2D eigenvalue weighted by Gasteiger charge is 2.37. The lowest BCUT2D eigenvalue weighted by molar-refractivity contribution is -0.00772. The number of ether oxygens (including phenoxy) is 1. The van der Waals surface area contributed by atoms with Crippen LogP contribution >= 0.6 is 0 Å². The van der Waals surface area contributed by atoms with Crippen molar-refractivity contribution in [3.63, 3.8) is 0 Å². The minimum atomic E-state index is -0.489. The first-order valence-electron chi connectivity index (χ1n) is 10.8. The third kappa shape index (κ3) is 5.94. The van der Waals surface area contributed by atoms with Gasteiger partial charge in [0.15, 0.2) is 0 Å². The van der Waals surface area contributed by atoms with E-state index in [0.29, 0.717) is 5.92 Å². The molecule has 0 aromatic heterocycles. The molecule has 1 amide bonds. The second-order valence-electron chi connectivity index (χ2n) is 9.34. The number of carbonyl (C=O) groups is 1. The molecule has 0 bridgehead atoms. The minimum Gasteiger partial charge on any atom is -0.444 e. The summed E-state index contributed by atoms with van der Waals surface area (Å²) in [4.78, 5) is 17.4. The molecule has 0 N–H and O–H groups in total. The van der Waals surface area contributed by atoms with E-state index in [9.17, 15) is 9.18 Å². The molecule has 0 aliphatic carbocycles. The van der Waals surface area contributed by atoms with Gasteiger partial charge in [-0.25, -0.2) is 9.18 Å². The van der Waals surface area contributed by atoms with E-state index in [1.165, 1.54) is 31.4 Å². The Labute approximate surface area is 169 Å². The second kappa shape index (κ2) is 9.25. The van der Waals surface area contributed by atoms with Crippen LogP contribution < -0.4 is 0 Å². The number of halogens is 1. The first-order valence-corrected chi connectivity index (χ1v) is 10.8. The van der Waals surface area contributed by atoms with Crippen LogP contribution in [0.15, 0.2) is 24.3 Å². The van der Waals surface area contributed by atoms with Gasteiger partial charge in [0.2, 0.25) is 0 Å². The molecule has 2 aliphatic heterocycles. The third-order valence-corrected chi connectivity index (χ3v) is 5.85. The van der Waals surface area contributed by atoms with Crippen LogP contribution in [0, 0.1) is 11.7 Å². The number of likely N-dealkylation sites (tertiary alicyclic amines) is 2. The molecule has 2 unspecified atom stereocenters. The fourth-order valence-corrected chi connectivity index (χ4v) is 4.50. The van der Waals surface area contributed by atoms with Gasteiger partial charge in [0.1, 0.15) is 11.4 Å². The maximum Gasteiger partial charge on any atom is 0.410 e. The molecule has 4 nitrogen and oxygen atoms in total. The maximum atomic E-state index is 13.3. The van der Waals surface area contributed by atoms with Gasteiger partial charge in [0, 0.05) is 13.1 Å². The Hall–Kier alpha value is -1.62. The summed E-state index contributed by atoms with van der Waals surface area (Å²) in [5, 5.41) is 0. The quantitative estimate of drug-likeness (QED) is 0.735. The molecule has 28 heavy (non-hydrogen) atoms. The van der Waals surface area contributed by atoms with Crippen molar-refractivity contribution < 1.29 is 13.9 Å². The largest absolute Gasteiger partial charge is 0.444 e. The summed E-state index contributed by atoms with van der Waals surface area (Å²) >= 11 is 0. The van der Waals surface area contributed by atoms with E-state index >= 15 is 0 Å². The van der Waals surface area contributed by atoms with Crippen molar-refractivity contribution in [2.24, 2.45) is 5.92 Å². The Morgan fingerprint density at radius 2 is 1.75 bits per heavy atom. The van der Waals surface area contributed by atoms with Crippen LogP contribution in [0.3, 0.4) is 0 Å². The van der Waals surface area contributed by atoms with Crippen molar-refractivity contribution in [3.8, 4) is 0 Å². The molecule has 2 fully saturated rings. The molecule has 1 aromatic rings. The summed E-state index contributed by atoms with van der Waals surface area (Å²) in [6, 6.07) is 6.96. The van der Waals surface area contributed by atoms with Crippen molar-refractivity contribution in [1.29, 1.82) is 0 Å². The average molecular weight is 391 g/mol. The van der Waals surface area contributed by atoms with Gasteiger partial charge in [0.25, 0.3) is 0 Å². The van der Waals surface area contributed by atoms with Gasteiger partial charge in [-0.05, 0) is 89.6 Å². The monoisotopic (exact) mass is 390 g/mol. The summed E-state index contributed by atoms with van der Waals surface area (Å²) in [6.45, 7) is 9.65. The fourth-order valence-electron chi connectivity index (χ4n) is 4.50. The predicted molar refractivity (Wildman–Crippen MR) is 110 cm³/mol. The van der Waals surface area contributed by atoms with E-state index in [-0.39, 0.29) is 18.0 Å². The molecule has 5 heteroatoms. The van der Waals surface area contributed by atoms with Crippen LogP contribution in [-0.4, -0.2) is 53.7 Å². The summed E-state index contributed by atoms with van der Waals surface area (Å²) in [5.41, 5.74) is 0.650. The van der Waals surface area contributed by atoms with Crippen molar-refractivity contribution >= 4 is 6.09 Å². The van der Waals surface area contributed by atoms with Gasteiger partial charge in [0.05, 0.1) is 6.04 Å². The van der Waals surface area contributed by atoms with Crippen molar-refractivity contribution in [2.75, 3.05) is 26.2 Å². The Kier molecular flexibility index (Phi) is 6.97. The molecule has 2 aliphatic rings. The summed E-state index contributed by atoms with van der Waals surface area (Å²) in [6.07, 6.45) is 6.53. The zero-order valence-corrected chi connectivity index (χ0v) is 17.6. The Balaban J connectivity index is 1.76. The summed E-state index contributed by atoms with van der Waals surface area (Å²) < 4.78 is 19.0. The van der Waals surface area contributed by atoms with Gasteiger partial charge < -0.3 is 14.5 Å². The summed E-state index contributed by atoms with van der Waals surface area (Å²) in [7, 11) is 0. The molecule has 1 aromatic carbocycles. The molecule has 2 atom stereocenters. The van der Waals surface area contributed by atoms with Crippen molar-refractivity contribution in [2.45, 2.75) is 70.9 Å². The predicted octanol–water partition coefficient (Wildman–Crippen LogP) is 4.87. The first kappa shape index (κ1) is 21.1. The highest BCUT2D eigenvalue weighted by molar-refractivity contribution is 5.68. The average Bonchev–Trinajstić information content (AvgIpc) is 2.64. The number of amides is 1. The van der Waals surface area contributed by atoms with Crippen LogP contribution in [0.5, 0.6) is 0 Å². The highest BCUT2D eigenvalue weighted by Crippen LogP contribution is 2.30. The van der Waals surface area contributed by atoms with Gasteiger partial charge >= 0.3 is 6.09 Å². The number of piperidine rings is 2. The van der Waals surface area contributed by atoms with E-state index in [4.69, 9.17) is 4.74 Å². The lowest BCUT2D eigenvalue weighted by Gasteiger charge is -2.44. The Bertz CT molecular complexity index is 635. The lowest BCUT2D eigenvalue weighted by Crippen LogP contribution is -2.55. The van der Waals surface area contributed by atoms with Crippen LogP contribution in [-0.2, 0) is 11.2 Å². The Morgan fingerprint density at radius 3 is 2.39 bits per heavy atom. The molecule has 3 rings (SSSR count). The van der Waals surface area contributed by atoms with Crippen LogP contribution in [0.2, 0.25) is 0 Å². The second-order valence-corrected chi connectivity index (χ2v) is 9.34. The van der Waals surface area contributed by atoms with Crippen LogP contribution in [0.4, 0.5) is 9.18 Å². The number of nitrogens with zero attached hydrogens (tertiary/aromatic N) is 2. The number of carbonyl (C=O) groups excluding carboxylic acids is 1. The molecule has 156 valence electrons. The smallest absolute Gasteiger partial charge is 0.410 e. The molecule has 0 radical (unpaired) electrons.